The summed E-state index contributed by atoms with van der Waals surface area (Å²) in [4.78, 5) is 49.9. The Labute approximate surface area is 161 Å². The number of esters is 2. The lowest BCUT2D eigenvalue weighted by molar-refractivity contribution is -0.153. The number of thioether (sulfide) groups is 1. The van der Waals surface area contributed by atoms with Gasteiger partial charge in [0.25, 0.3) is 0 Å². The van der Waals surface area contributed by atoms with Crippen molar-refractivity contribution < 1.29 is 28.7 Å². The third-order valence-electron chi connectivity index (χ3n) is 4.94. The maximum atomic E-state index is 12.6. The van der Waals surface area contributed by atoms with E-state index in [2.05, 4.69) is 10.6 Å². The molecule has 148 valence electrons. The molecule has 3 amide bonds. The fraction of sp³-hybridized carbons (Fsp3) is 0.647. The Bertz CT molecular complexity index is 723. The number of fused-ring (bicyclic) bond motifs is 1. The van der Waals surface area contributed by atoms with Crippen molar-refractivity contribution in [2.24, 2.45) is 0 Å². The van der Waals surface area contributed by atoms with Gasteiger partial charge in [-0.3, -0.25) is 4.79 Å². The molecule has 2 saturated heterocycles. The van der Waals surface area contributed by atoms with Crippen molar-refractivity contribution in [1.29, 1.82) is 0 Å². The minimum atomic E-state index is -0.656. The summed E-state index contributed by atoms with van der Waals surface area (Å²) in [6, 6.07) is -1.71. The van der Waals surface area contributed by atoms with Crippen LogP contribution in [-0.4, -0.2) is 64.7 Å². The number of carbonyl (C=O) groups is 4. The van der Waals surface area contributed by atoms with Crippen LogP contribution < -0.4 is 10.6 Å². The van der Waals surface area contributed by atoms with Crippen molar-refractivity contribution in [1.82, 2.24) is 15.5 Å². The molecule has 0 bridgehead atoms. The summed E-state index contributed by atoms with van der Waals surface area (Å²) < 4.78 is 10.4. The highest BCUT2D eigenvalue weighted by atomic mass is 32.2. The van der Waals surface area contributed by atoms with Crippen LogP contribution in [-0.2, 0) is 23.9 Å². The standard InChI is InChI=1S/C17H23N3O6S/c1-4-25-15(23)13-9(2)18-16(24)19-10(13)7-26-14(22)11-8-27-17(3)6-5-12(21)20(11)17/h9,11H,4-8H2,1-3H3,(H2,18,19,24). The van der Waals surface area contributed by atoms with E-state index in [-0.39, 0.29) is 35.3 Å². The number of ether oxygens (including phenoxy) is 2. The van der Waals surface area contributed by atoms with Gasteiger partial charge in [-0.15, -0.1) is 11.8 Å². The molecule has 3 aliphatic rings. The maximum absolute atomic E-state index is 12.6. The zero-order chi connectivity index (χ0) is 19.8. The molecule has 3 aliphatic heterocycles. The number of nitrogens with zero attached hydrogens (tertiary/aromatic N) is 1. The van der Waals surface area contributed by atoms with Crippen molar-refractivity contribution in [3.05, 3.63) is 11.3 Å². The fourth-order valence-corrected chi connectivity index (χ4v) is 5.04. The summed E-state index contributed by atoms with van der Waals surface area (Å²) in [5.74, 6) is -0.714. The molecule has 3 atom stereocenters. The summed E-state index contributed by atoms with van der Waals surface area (Å²) in [6.07, 6.45) is 1.13. The lowest BCUT2D eigenvalue weighted by Gasteiger charge is -2.30. The van der Waals surface area contributed by atoms with Crippen molar-refractivity contribution in [3.8, 4) is 0 Å². The van der Waals surface area contributed by atoms with Gasteiger partial charge >= 0.3 is 18.0 Å². The number of carbonyl (C=O) groups excluding carboxylic acids is 4. The smallest absolute Gasteiger partial charge is 0.338 e. The van der Waals surface area contributed by atoms with Crippen LogP contribution in [0.5, 0.6) is 0 Å². The first-order valence-electron chi connectivity index (χ1n) is 8.87. The Balaban J connectivity index is 1.72. The maximum Gasteiger partial charge on any atom is 0.338 e. The van der Waals surface area contributed by atoms with Crippen LogP contribution in [0.1, 0.15) is 33.6 Å². The Hall–Kier alpha value is -2.23. The van der Waals surface area contributed by atoms with Crippen LogP contribution in [0.4, 0.5) is 4.79 Å². The molecule has 3 unspecified atom stereocenters. The summed E-state index contributed by atoms with van der Waals surface area (Å²) >= 11 is 1.57. The van der Waals surface area contributed by atoms with Gasteiger partial charge < -0.3 is 25.0 Å². The van der Waals surface area contributed by atoms with Gasteiger partial charge in [0, 0.05) is 12.2 Å². The second kappa shape index (κ2) is 7.41. The highest BCUT2D eigenvalue weighted by molar-refractivity contribution is 8.01. The van der Waals surface area contributed by atoms with Gasteiger partial charge in [-0.1, -0.05) is 0 Å². The molecule has 9 nitrogen and oxygen atoms in total. The van der Waals surface area contributed by atoms with Crippen LogP contribution in [0.25, 0.3) is 0 Å². The Morgan fingerprint density at radius 2 is 2.07 bits per heavy atom. The molecule has 0 aliphatic carbocycles. The summed E-state index contributed by atoms with van der Waals surface area (Å²) in [5, 5.41) is 5.09. The molecule has 0 spiro atoms. The van der Waals surface area contributed by atoms with Crippen LogP contribution in [0.3, 0.4) is 0 Å². The molecule has 3 rings (SSSR count). The summed E-state index contributed by atoms with van der Waals surface area (Å²) in [7, 11) is 0. The molecule has 0 aromatic heterocycles. The minimum Gasteiger partial charge on any atom is -0.463 e. The predicted octanol–water partition coefficient (Wildman–Crippen LogP) is 0.502. The molecule has 0 aromatic rings. The molecule has 2 fully saturated rings. The predicted molar refractivity (Wildman–Crippen MR) is 96.5 cm³/mol. The van der Waals surface area contributed by atoms with Gasteiger partial charge in [-0.05, 0) is 27.2 Å². The normalized spacial score (nSPS) is 30.0. The van der Waals surface area contributed by atoms with E-state index in [0.29, 0.717) is 18.6 Å². The molecule has 0 radical (unpaired) electrons. The summed E-state index contributed by atoms with van der Waals surface area (Å²) in [5.41, 5.74) is 0.409. The number of hydrogen-bond donors (Lipinski definition) is 2. The molecular weight excluding hydrogens is 374 g/mol. The van der Waals surface area contributed by atoms with Crippen molar-refractivity contribution in [2.45, 2.75) is 50.6 Å². The molecule has 0 aromatic carbocycles. The second-order valence-corrected chi connectivity index (χ2v) is 8.31. The van der Waals surface area contributed by atoms with Crippen molar-refractivity contribution in [3.63, 3.8) is 0 Å². The van der Waals surface area contributed by atoms with Gasteiger partial charge in [0.05, 0.1) is 28.8 Å². The van der Waals surface area contributed by atoms with E-state index in [9.17, 15) is 19.2 Å². The number of rotatable bonds is 5. The van der Waals surface area contributed by atoms with E-state index in [1.165, 1.54) is 0 Å². The van der Waals surface area contributed by atoms with Gasteiger partial charge in [0.2, 0.25) is 5.91 Å². The highest BCUT2D eigenvalue weighted by Crippen LogP contribution is 2.47. The largest absolute Gasteiger partial charge is 0.463 e. The van der Waals surface area contributed by atoms with Crippen molar-refractivity contribution in [2.75, 3.05) is 19.0 Å². The Kier molecular flexibility index (Phi) is 5.36. The number of urea groups is 1. The average molecular weight is 397 g/mol. The topological polar surface area (TPSA) is 114 Å². The summed E-state index contributed by atoms with van der Waals surface area (Å²) in [6.45, 7) is 5.19. The van der Waals surface area contributed by atoms with Gasteiger partial charge in [-0.2, -0.15) is 0 Å². The molecule has 2 N–H and O–H groups in total. The fourth-order valence-electron chi connectivity index (χ4n) is 3.63. The van der Waals surface area contributed by atoms with Crippen LogP contribution in [0, 0.1) is 0 Å². The first kappa shape index (κ1) is 19.5. The third kappa shape index (κ3) is 3.62. The van der Waals surface area contributed by atoms with E-state index in [1.54, 1.807) is 30.5 Å². The zero-order valence-corrected chi connectivity index (χ0v) is 16.3. The number of hydrogen-bond acceptors (Lipinski definition) is 7. The van der Waals surface area contributed by atoms with Crippen LogP contribution >= 0.6 is 11.8 Å². The Morgan fingerprint density at radius 3 is 2.78 bits per heavy atom. The Morgan fingerprint density at radius 1 is 1.33 bits per heavy atom. The van der Waals surface area contributed by atoms with Crippen molar-refractivity contribution >= 4 is 35.6 Å². The van der Waals surface area contributed by atoms with Gasteiger partial charge in [0.15, 0.2) is 0 Å². The number of amides is 3. The quantitative estimate of drug-likeness (QED) is 0.650. The van der Waals surface area contributed by atoms with E-state index >= 15 is 0 Å². The van der Waals surface area contributed by atoms with E-state index in [4.69, 9.17) is 9.47 Å². The van der Waals surface area contributed by atoms with Gasteiger partial charge in [0.1, 0.15) is 12.6 Å². The average Bonchev–Trinajstić information content (AvgIpc) is 3.08. The first-order chi connectivity index (χ1) is 12.8. The monoisotopic (exact) mass is 397 g/mol. The third-order valence-corrected chi connectivity index (χ3v) is 6.45. The minimum absolute atomic E-state index is 0.0559. The molecule has 10 heteroatoms. The highest BCUT2D eigenvalue weighted by Gasteiger charge is 2.53. The van der Waals surface area contributed by atoms with Gasteiger partial charge in [-0.25, -0.2) is 14.4 Å². The van der Waals surface area contributed by atoms with Crippen LogP contribution in [0.15, 0.2) is 11.3 Å². The molecule has 0 saturated carbocycles. The first-order valence-corrected chi connectivity index (χ1v) is 9.86. The number of nitrogens with one attached hydrogen (secondary N) is 2. The lowest BCUT2D eigenvalue weighted by Crippen LogP contribution is -2.50. The SMILES string of the molecule is CCOC(=O)C1=C(COC(=O)C2CSC3(C)CCC(=O)N23)NC(=O)NC1C. The lowest BCUT2D eigenvalue weighted by atomic mass is 10.0. The van der Waals surface area contributed by atoms with E-state index in [0.717, 1.165) is 0 Å². The zero-order valence-electron chi connectivity index (χ0n) is 15.5. The molecular formula is C17H23N3O6S. The molecule has 3 heterocycles. The second-order valence-electron chi connectivity index (χ2n) is 6.81. The van der Waals surface area contributed by atoms with Crippen LogP contribution in [0.2, 0.25) is 0 Å². The van der Waals surface area contributed by atoms with E-state index in [1.807, 2.05) is 6.92 Å². The molecule has 27 heavy (non-hydrogen) atoms. The van der Waals surface area contributed by atoms with E-state index < -0.39 is 30.1 Å².